The fourth-order valence-electron chi connectivity index (χ4n) is 2.28. The highest BCUT2D eigenvalue weighted by molar-refractivity contribution is 5.76. The predicted molar refractivity (Wildman–Crippen MR) is 81.0 cm³/mol. The molecule has 0 fully saturated rings. The molecule has 102 valence electrons. The Kier molecular flexibility index (Phi) is 6.23. The second kappa shape index (κ2) is 7.70. The maximum atomic E-state index is 11.4. The Balaban J connectivity index is 2.94. The first-order chi connectivity index (χ1) is 9.10. The average Bonchev–Trinajstić information content (AvgIpc) is 2.42. The van der Waals surface area contributed by atoms with Gasteiger partial charge in [0.15, 0.2) is 0 Å². The van der Waals surface area contributed by atoms with Crippen LogP contribution in [0.5, 0.6) is 0 Å². The van der Waals surface area contributed by atoms with E-state index in [-0.39, 0.29) is 17.9 Å². The Labute approximate surface area is 116 Å². The number of carbonyl (C=O) groups is 1. The third-order valence-corrected chi connectivity index (χ3v) is 3.31. The van der Waals surface area contributed by atoms with Crippen molar-refractivity contribution in [3.8, 4) is 0 Å². The maximum Gasteiger partial charge on any atom is 0.131 e. The molecule has 0 aliphatic heterocycles. The van der Waals surface area contributed by atoms with Gasteiger partial charge in [-0.3, -0.25) is 9.69 Å². The molecule has 19 heavy (non-hydrogen) atoms. The van der Waals surface area contributed by atoms with Crippen LogP contribution >= 0.6 is 0 Å². The predicted octanol–water partition coefficient (Wildman–Crippen LogP) is 3.77. The van der Waals surface area contributed by atoms with Gasteiger partial charge >= 0.3 is 0 Å². The Hall–Kier alpha value is -1.67. The summed E-state index contributed by atoms with van der Waals surface area (Å²) in [4.78, 5) is 13.6. The van der Waals surface area contributed by atoms with Gasteiger partial charge in [0, 0.05) is 25.0 Å². The number of hydrogen-bond donors (Lipinski definition) is 0. The van der Waals surface area contributed by atoms with Gasteiger partial charge in [-0.05, 0) is 19.4 Å². The first-order valence-corrected chi connectivity index (χ1v) is 6.63. The molecular formula is C17H23NO. The van der Waals surface area contributed by atoms with Crippen molar-refractivity contribution in [3.05, 3.63) is 61.2 Å². The normalized spacial score (nSPS) is 13.8. The van der Waals surface area contributed by atoms with Crippen LogP contribution in [0.1, 0.15) is 31.9 Å². The smallest absolute Gasteiger partial charge is 0.131 e. The summed E-state index contributed by atoms with van der Waals surface area (Å²) in [5.74, 6) is 0.180. The van der Waals surface area contributed by atoms with Crippen LogP contribution in [0.4, 0.5) is 0 Å². The summed E-state index contributed by atoms with van der Waals surface area (Å²) in [5.41, 5.74) is 1.24. The summed E-state index contributed by atoms with van der Waals surface area (Å²) in [5, 5.41) is 0. The zero-order chi connectivity index (χ0) is 14.3. The summed E-state index contributed by atoms with van der Waals surface area (Å²) >= 11 is 0. The Bertz CT molecular complexity index is 424. The number of rotatable bonds is 8. The van der Waals surface area contributed by atoms with Crippen LogP contribution in [0.15, 0.2) is 55.6 Å². The molecule has 2 heteroatoms. The molecular weight excluding hydrogens is 234 g/mol. The van der Waals surface area contributed by atoms with E-state index >= 15 is 0 Å². The standard InChI is InChI=1S/C17H23NO/c1-5-12-18(17(6-2)13-14(3)19)15(4)16-10-8-7-9-11-16/h5-11,15,17H,1-2,12-13H2,3-4H3/t15-,17?/m1/s1. The highest BCUT2D eigenvalue weighted by Crippen LogP contribution is 2.24. The fourth-order valence-corrected chi connectivity index (χ4v) is 2.28. The monoisotopic (exact) mass is 257 g/mol. The highest BCUT2D eigenvalue weighted by atomic mass is 16.1. The molecule has 1 unspecified atom stereocenters. The molecule has 0 aliphatic rings. The largest absolute Gasteiger partial charge is 0.300 e. The van der Waals surface area contributed by atoms with Gasteiger partial charge in [-0.25, -0.2) is 0 Å². The molecule has 2 nitrogen and oxygen atoms in total. The molecule has 0 radical (unpaired) electrons. The fraction of sp³-hybridized carbons (Fsp3) is 0.353. The minimum Gasteiger partial charge on any atom is -0.300 e. The summed E-state index contributed by atoms with van der Waals surface area (Å²) in [6, 6.07) is 10.6. The van der Waals surface area contributed by atoms with Gasteiger partial charge in [-0.1, -0.05) is 42.5 Å². The van der Waals surface area contributed by atoms with E-state index in [1.54, 1.807) is 6.92 Å². The molecule has 0 saturated heterocycles. The van der Waals surface area contributed by atoms with Crippen molar-refractivity contribution in [2.45, 2.75) is 32.4 Å². The lowest BCUT2D eigenvalue weighted by atomic mass is 10.0. The van der Waals surface area contributed by atoms with Crippen LogP contribution in [0.2, 0.25) is 0 Å². The molecule has 1 rings (SSSR count). The zero-order valence-corrected chi connectivity index (χ0v) is 11.9. The minimum atomic E-state index is 0.0470. The molecule has 0 bridgehead atoms. The summed E-state index contributed by atoms with van der Waals surface area (Å²) < 4.78 is 0. The quantitative estimate of drug-likeness (QED) is 0.661. The van der Waals surface area contributed by atoms with Gasteiger partial charge in [0.1, 0.15) is 5.78 Å². The van der Waals surface area contributed by atoms with E-state index in [1.807, 2.05) is 30.4 Å². The van der Waals surface area contributed by atoms with Crippen LogP contribution in [-0.2, 0) is 4.79 Å². The Morgan fingerprint density at radius 2 is 1.95 bits per heavy atom. The molecule has 0 spiro atoms. The van der Waals surface area contributed by atoms with Gasteiger partial charge in [-0.15, -0.1) is 13.2 Å². The molecule has 0 aliphatic carbocycles. The van der Waals surface area contributed by atoms with Crippen molar-refractivity contribution in [1.82, 2.24) is 4.90 Å². The molecule has 1 aromatic rings. The highest BCUT2D eigenvalue weighted by Gasteiger charge is 2.22. The third kappa shape index (κ3) is 4.49. The van der Waals surface area contributed by atoms with Crippen molar-refractivity contribution in [3.63, 3.8) is 0 Å². The SMILES string of the molecule is C=CCN(C(C=C)CC(C)=O)[C@H](C)c1ccccc1. The number of Topliss-reactive ketones (excluding diaryl/α,β-unsaturated/α-hetero) is 1. The maximum absolute atomic E-state index is 11.4. The average molecular weight is 257 g/mol. The van der Waals surface area contributed by atoms with Crippen LogP contribution in [-0.4, -0.2) is 23.3 Å². The van der Waals surface area contributed by atoms with Crippen molar-refractivity contribution in [2.24, 2.45) is 0 Å². The lowest BCUT2D eigenvalue weighted by Crippen LogP contribution is -2.37. The first kappa shape index (κ1) is 15.4. The summed E-state index contributed by atoms with van der Waals surface area (Å²) in [7, 11) is 0. The minimum absolute atomic E-state index is 0.0470. The van der Waals surface area contributed by atoms with Gasteiger partial charge in [-0.2, -0.15) is 0 Å². The van der Waals surface area contributed by atoms with E-state index in [2.05, 4.69) is 37.1 Å². The van der Waals surface area contributed by atoms with Crippen LogP contribution in [0.25, 0.3) is 0 Å². The molecule has 0 N–H and O–H groups in total. The molecule has 0 aromatic heterocycles. The van der Waals surface area contributed by atoms with Gasteiger partial charge in [0.05, 0.1) is 0 Å². The van der Waals surface area contributed by atoms with Crippen LogP contribution in [0, 0.1) is 0 Å². The number of hydrogen-bond acceptors (Lipinski definition) is 2. The lowest BCUT2D eigenvalue weighted by Gasteiger charge is -2.34. The number of ketones is 1. The second-order valence-electron chi connectivity index (χ2n) is 4.78. The van der Waals surface area contributed by atoms with Crippen molar-refractivity contribution in [1.29, 1.82) is 0 Å². The van der Waals surface area contributed by atoms with Crippen molar-refractivity contribution >= 4 is 5.78 Å². The van der Waals surface area contributed by atoms with Gasteiger partial charge < -0.3 is 0 Å². The van der Waals surface area contributed by atoms with Crippen molar-refractivity contribution < 1.29 is 4.79 Å². The zero-order valence-electron chi connectivity index (χ0n) is 11.9. The molecule has 2 atom stereocenters. The van der Waals surface area contributed by atoms with E-state index in [9.17, 15) is 4.79 Å². The van der Waals surface area contributed by atoms with E-state index in [1.165, 1.54) is 5.56 Å². The second-order valence-corrected chi connectivity index (χ2v) is 4.78. The van der Waals surface area contributed by atoms with Gasteiger partial charge in [0.25, 0.3) is 0 Å². The summed E-state index contributed by atoms with van der Waals surface area (Å²) in [6.07, 6.45) is 4.22. The van der Waals surface area contributed by atoms with Crippen molar-refractivity contribution in [2.75, 3.05) is 6.54 Å². The summed E-state index contributed by atoms with van der Waals surface area (Å²) in [6.45, 7) is 12.2. The van der Waals surface area contributed by atoms with E-state index in [4.69, 9.17) is 0 Å². The Morgan fingerprint density at radius 1 is 1.32 bits per heavy atom. The molecule has 0 amide bonds. The van der Waals surface area contributed by atoms with E-state index < -0.39 is 0 Å². The number of benzene rings is 1. The lowest BCUT2D eigenvalue weighted by molar-refractivity contribution is -0.118. The van der Waals surface area contributed by atoms with E-state index in [0.29, 0.717) is 6.42 Å². The third-order valence-electron chi connectivity index (χ3n) is 3.31. The number of carbonyl (C=O) groups excluding carboxylic acids is 1. The first-order valence-electron chi connectivity index (χ1n) is 6.63. The van der Waals surface area contributed by atoms with Gasteiger partial charge in [0.2, 0.25) is 0 Å². The van der Waals surface area contributed by atoms with Crippen LogP contribution < -0.4 is 0 Å². The number of nitrogens with zero attached hydrogens (tertiary/aromatic N) is 1. The molecule has 0 saturated carbocycles. The van der Waals surface area contributed by atoms with E-state index in [0.717, 1.165) is 6.54 Å². The molecule has 0 heterocycles. The molecule has 1 aromatic carbocycles. The Morgan fingerprint density at radius 3 is 2.42 bits per heavy atom. The topological polar surface area (TPSA) is 20.3 Å². The van der Waals surface area contributed by atoms with Crippen LogP contribution in [0.3, 0.4) is 0 Å².